The van der Waals surface area contributed by atoms with Gasteiger partial charge in [0.25, 0.3) is 0 Å². The van der Waals surface area contributed by atoms with E-state index in [1.165, 1.54) is 25.1 Å². The van der Waals surface area contributed by atoms with E-state index in [2.05, 4.69) is 0 Å². The van der Waals surface area contributed by atoms with Gasteiger partial charge < -0.3 is 10.0 Å². The second-order valence-corrected chi connectivity index (χ2v) is 5.91. The van der Waals surface area contributed by atoms with Gasteiger partial charge in [-0.05, 0) is 31.0 Å². The topological polar surface area (TPSA) is 57.6 Å². The molecule has 2 atom stereocenters. The fourth-order valence-electron chi connectivity index (χ4n) is 2.77. The van der Waals surface area contributed by atoms with Gasteiger partial charge in [0.15, 0.2) is 0 Å². The number of carbonyl (C=O) groups is 2. The van der Waals surface area contributed by atoms with Crippen LogP contribution < -0.4 is 0 Å². The molecule has 0 aromatic heterocycles. The number of carboxylic acid groups (broad SMARTS) is 1. The van der Waals surface area contributed by atoms with Gasteiger partial charge in [0.1, 0.15) is 11.9 Å². The van der Waals surface area contributed by atoms with Crippen molar-refractivity contribution in [1.29, 1.82) is 0 Å². The average Bonchev–Trinajstić information content (AvgIpc) is 2.83. The van der Waals surface area contributed by atoms with Crippen molar-refractivity contribution in [3.63, 3.8) is 0 Å². The molecule has 4 nitrogen and oxygen atoms in total. The van der Waals surface area contributed by atoms with Crippen LogP contribution in [-0.4, -0.2) is 33.8 Å². The summed E-state index contributed by atoms with van der Waals surface area (Å²) in [4.78, 5) is 24.8. The summed E-state index contributed by atoms with van der Waals surface area (Å²) in [6.45, 7) is 1.18. The Morgan fingerprint density at radius 3 is 2.65 bits per heavy atom. The predicted octanol–water partition coefficient (Wildman–Crippen LogP) is 3.06. The first-order valence-corrected chi connectivity index (χ1v) is 7.35. The molecule has 1 aromatic carbocycles. The number of carbonyl (C=O) groups excluding carboxylic acids is 1. The van der Waals surface area contributed by atoms with Crippen molar-refractivity contribution >= 4 is 11.9 Å². The van der Waals surface area contributed by atoms with Gasteiger partial charge in [-0.25, -0.2) is 18.0 Å². The molecule has 0 heterocycles. The Labute approximate surface area is 131 Å². The van der Waals surface area contributed by atoms with E-state index in [1.54, 1.807) is 6.07 Å². The van der Waals surface area contributed by atoms with E-state index < -0.39 is 42.0 Å². The van der Waals surface area contributed by atoms with E-state index >= 15 is 0 Å². The number of aliphatic carboxylic acids is 1. The molecule has 0 spiro atoms. The minimum atomic E-state index is -2.89. The molecule has 1 amide bonds. The largest absolute Gasteiger partial charge is 0.480 e. The molecule has 126 valence electrons. The van der Waals surface area contributed by atoms with Crippen molar-refractivity contribution in [3.8, 4) is 0 Å². The molecule has 1 aromatic rings. The number of halogens is 3. The predicted molar refractivity (Wildman–Crippen MR) is 76.3 cm³/mol. The van der Waals surface area contributed by atoms with Crippen LogP contribution in [0.25, 0.3) is 0 Å². The summed E-state index contributed by atoms with van der Waals surface area (Å²) >= 11 is 0. The van der Waals surface area contributed by atoms with Gasteiger partial charge in [-0.2, -0.15) is 0 Å². The lowest BCUT2D eigenvalue weighted by Gasteiger charge is -2.29. The maximum Gasteiger partial charge on any atom is 0.326 e. The SMILES string of the molecule is CC(C(=O)O)N(Cc1cccc(F)c1)C(=O)C1CCC(F)(F)C1. The van der Waals surface area contributed by atoms with Crippen LogP contribution in [0, 0.1) is 11.7 Å². The number of hydrogen-bond donors (Lipinski definition) is 1. The normalized spacial score (nSPS) is 21.0. The van der Waals surface area contributed by atoms with Crippen LogP contribution in [0.4, 0.5) is 13.2 Å². The van der Waals surface area contributed by atoms with Crippen molar-refractivity contribution in [1.82, 2.24) is 4.90 Å². The van der Waals surface area contributed by atoms with Crippen molar-refractivity contribution in [2.45, 2.75) is 44.7 Å². The van der Waals surface area contributed by atoms with Gasteiger partial charge in [-0.3, -0.25) is 4.79 Å². The molecule has 7 heteroatoms. The lowest BCUT2D eigenvalue weighted by Crippen LogP contribution is -2.45. The Balaban J connectivity index is 2.20. The standard InChI is InChI=1S/C16H18F3NO3/c1-10(15(22)23)20(9-11-3-2-4-13(17)7-11)14(21)12-5-6-16(18,19)8-12/h2-4,7,10,12H,5-6,8-9H2,1H3,(H,22,23). The van der Waals surface area contributed by atoms with E-state index in [9.17, 15) is 22.8 Å². The zero-order valence-corrected chi connectivity index (χ0v) is 12.6. The third-order valence-corrected chi connectivity index (χ3v) is 4.10. The monoisotopic (exact) mass is 329 g/mol. The highest BCUT2D eigenvalue weighted by atomic mass is 19.3. The Kier molecular flexibility index (Phi) is 4.97. The molecule has 0 radical (unpaired) electrons. The van der Waals surface area contributed by atoms with Crippen LogP contribution in [0.3, 0.4) is 0 Å². The molecule has 1 fully saturated rings. The molecule has 0 saturated heterocycles. The number of carboxylic acids is 1. The molecule has 1 aliphatic carbocycles. The van der Waals surface area contributed by atoms with Gasteiger partial charge in [-0.15, -0.1) is 0 Å². The number of hydrogen-bond acceptors (Lipinski definition) is 2. The molecule has 1 saturated carbocycles. The average molecular weight is 329 g/mol. The molecule has 2 rings (SSSR count). The number of nitrogens with zero attached hydrogens (tertiary/aromatic N) is 1. The maximum absolute atomic E-state index is 13.3. The molecular weight excluding hydrogens is 311 g/mol. The first-order chi connectivity index (χ1) is 10.7. The first-order valence-electron chi connectivity index (χ1n) is 7.35. The third-order valence-electron chi connectivity index (χ3n) is 4.10. The summed E-state index contributed by atoms with van der Waals surface area (Å²) < 4.78 is 39.9. The number of amides is 1. The zero-order chi connectivity index (χ0) is 17.2. The number of rotatable bonds is 5. The Hall–Kier alpha value is -2.05. The summed E-state index contributed by atoms with van der Waals surface area (Å²) in [7, 11) is 0. The van der Waals surface area contributed by atoms with E-state index in [-0.39, 0.29) is 19.4 Å². The van der Waals surface area contributed by atoms with Crippen molar-refractivity contribution in [2.24, 2.45) is 5.92 Å². The highest BCUT2D eigenvalue weighted by Crippen LogP contribution is 2.40. The third kappa shape index (κ3) is 4.24. The first kappa shape index (κ1) is 17.3. The summed E-state index contributed by atoms with van der Waals surface area (Å²) in [5.41, 5.74) is 0.413. The van der Waals surface area contributed by atoms with Gasteiger partial charge in [-0.1, -0.05) is 12.1 Å². The quantitative estimate of drug-likeness (QED) is 0.903. The molecule has 1 aliphatic rings. The number of benzene rings is 1. The minimum Gasteiger partial charge on any atom is -0.480 e. The van der Waals surface area contributed by atoms with Crippen LogP contribution in [0.15, 0.2) is 24.3 Å². The Morgan fingerprint density at radius 2 is 2.13 bits per heavy atom. The summed E-state index contributed by atoms with van der Waals surface area (Å²) in [5.74, 6) is -6.16. The Bertz CT molecular complexity index is 606. The van der Waals surface area contributed by atoms with Gasteiger partial charge >= 0.3 is 5.97 Å². The van der Waals surface area contributed by atoms with E-state index in [1.807, 2.05) is 0 Å². The second-order valence-electron chi connectivity index (χ2n) is 5.91. The van der Waals surface area contributed by atoms with Crippen molar-refractivity contribution in [3.05, 3.63) is 35.6 Å². The number of alkyl halides is 2. The van der Waals surface area contributed by atoms with Crippen LogP contribution in [0.1, 0.15) is 31.7 Å². The smallest absolute Gasteiger partial charge is 0.326 e. The fraction of sp³-hybridized carbons (Fsp3) is 0.500. The van der Waals surface area contributed by atoms with Crippen molar-refractivity contribution in [2.75, 3.05) is 0 Å². The fourth-order valence-corrected chi connectivity index (χ4v) is 2.77. The van der Waals surface area contributed by atoms with Crippen LogP contribution >= 0.6 is 0 Å². The molecular formula is C16H18F3NO3. The van der Waals surface area contributed by atoms with Crippen molar-refractivity contribution < 1.29 is 27.9 Å². The lowest BCUT2D eigenvalue weighted by molar-refractivity contribution is -0.152. The molecule has 23 heavy (non-hydrogen) atoms. The lowest BCUT2D eigenvalue weighted by atomic mass is 10.0. The van der Waals surface area contributed by atoms with Crippen LogP contribution in [-0.2, 0) is 16.1 Å². The molecule has 0 aliphatic heterocycles. The minimum absolute atomic E-state index is 0.0256. The molecule has 0 bridgehead atoms. The van der Waals surface area contributed by atoms with E-state index in [0.29, 0.717) is 5.56 Å². The summed E-state index contributed by atoms with van der Waals surface area (Å²) in [5, 5.41) is 9.16. The maximum atomic E-state index is 13.3. The Morgan fingerprint density at radius 1 is 1.43 bits per heavy atom. The highest BCUT2D eigenvalue weighted by Gasteiger charge is 2.44. The van der Waals surface area contributed by atoms with E-state index in [4.69, 9.17) is 5.11 Å². The van der Waals surface area contributed by atoms with Gasteiger partial charge in [0.05, 0.1) is 0 Å². The second kappa shape index (κ2) is 6.60. The van der Waals surface area contributed by atoms with E-state index in [0.717, 1.165) is 4.90 Å². The molecule has 1 N–H and O–H groups in total. The van der Waals surface area contributed by atoms with Crippen LogP contribution in [0.5, 0.6) is 0 Å². The molecule has 2 unspecified atom stereocenters. The summed E-state index contributed by atoms with van der Waals surface area (Å²) in [6, 6.07) is 4.25. The zero-order valence-electron chi connectivity index (χ0n) is 12.6. The van der Waals surface area contributed by atoms with Gasteiger partial charge in [0, 0.05) is 25.3 Å². The van der Waals surface area contributed by atoms with Crippen LogP contribution in [0.2, 0.25) is 0 Å². The summed E-state index contributed by atoms with van der Waals surface area (Å²) in [6.07, 6.45) is -0.922. The van der Waals surface area contributed by atoms with Gasteiger partial charge in [0.2, 0.25) is 11.8 Å². The highest BCUT2D eigenvalue weighted by molar-refractivity contribution is 5.85.